The number of carbonyl (C=O) groups is 3. The number of urea groups is 1. The number of hydrogen-bond acceptors (Lipinski definition) is 5. The van der Waals surface area contributed by atoms with E-state index in [2.05, 4.69) is 37.2 Å². The predicted octanol–water partition coefficient (Wildman–Crippen LogP) is 3.90. The van der Waals surface area contributed by atoms with Crippen molar-refractivity contribution in [2.75, 3.05) is 12.0 Å². The van der Waals surface area contributed by atoms with Gasteiger partial charge in [0.25, 0.3) is 11.8 Å². The molecule has 0 unspecified atom stereocenters. The zero-order valence-corrected chi connectivity index (χ0v) is 17.9. The molecule has 0 bridgehead atoms. The summed E-state index contributed by atoms with van der Waals surface area (Å²) in [6.45, 7) is 1.76. The van der Waals surface area contributed by atoms with Crippen molar-refractivity contribution in [1.82, 2.24) is 5.32 Å². The van der Waals surface area contributed by atoms with Gasteiger partial charge in [0, 0.05) is 4.47 Å². The number of ether oxygens (including phenoxy) is 1. The molecule has 0 radical (unpaired) electrons. The number of aryl methyl sites for hydroxylation is 1. The van der Waals surface area contributed by atoms with Gasteiger partial charge in [-0.15, -0.1) is 0 Å². The lowest BCUT2D eigenvalue weighted by Gasteiger charge is -2.27. The second-order valence-corrected chi connectivity index (χ2v) is 7.47. The van der Waals surface area contributed by atoms with E-state index in [4.69, 9.17) is 4.74 Å². The van der Waals surface area contributed by atoms with Crippen LogP contribution in [-0.2, 0) is 9.59 Å². The van der Waals surface area contributed by atoms with Crippen LogP contribution in [0.3, 0.4) is 0 Å². The number of carbonyl (C=O) groups excluding carboxylic acids is 3. The van der Waals surface area contributed by atoms with Crippen molar-refractivity contribution in [3.63, 3.8) is 0 Å². The number of methoxy groups -OCH3 is 1. The van der Waals surface area contributed by atoms with Crippen LogP contribution in [0.4, 0.5) is 10.5 Å². The van der Waals surface area contributed by atoms with E-state index in [1.54, 1.807) is 31.2 Å². The van der Waals surface area contributed by atoms with E-state index in [9.17, 15) is 19.5 Å². The minimum Gasteiger partial charge on any atom is -0.503 e. The summed E-state index contributed by atoms with van der Waals surface area (Å²) < 4.78 is 5.82. The molecule has 0 spiro atoms. The molecule has 1 saturated heterocycles. The summed E-state index contributed by atoms with van der Waals surface area (Å²) in [7, 11) is 1.38. The molecule has 9 heteroatoms. The molecule has 1 aliphatic heterocycles. The maximum absolute atomic E-state index is 13.0. The van der Waals surface area contributed by atoms with Crippen LogP contribution in [0.2, 0.25) is 0 Å². The molecule has 0 atom stereocenters. The van der Waals surface area contributed by atoms with Gasteiger partial charge in [0.05, 0.1) is 17.3 Å². The number of benzene rings is 2. The minimum atomic E-state index is -0.815. The number of amides is 4. The van der Waals surface area contributed by atoms with Crippen LogP contribution in [0, 0.1) is 6.92 Å². The van der Waals surface area contributed by atoms with Crippen molar-refractivity contribution in [2.45, 2.75) is 6.92 Å². The van der Waals surface area contributed by atoms with Gasteiger partial charge in [-0.25, -0.2) is 9.69 Å². The molecule has 2 aromatic rings. The predicted molar refractivity (Wildman–Crippen MR) is 110 cm³/mol. The highest BCUT2D eigenvalue weighted by atomic mass is 79.9. The number of hydrogen-bond donors (Lipinski definition) is 2. The third-order valence-corrected chi connectivity index (χ3v) is 6.31. The number of phenolic OH excluding ortho intramolecular Hbond substituents is 1. The maximum atomic E-state index is 13.0. The van der Waals surface area contributed by atoms with Crippen molar-refractivity contribution in [3.8, 4) is 11.5 Å². The lowest BCUT2D eigenvalue weighted by molar-refractivity contribution is -0.122. The first-order valence-corrected chi connectivity index (χ1v) is 9.57. The summed E-state index contributed by atoms with van der Waals surface area (Å²) in [6.07, 6.45) is 1.33. The number of imide groups is 2. The number of para-hydroxylation sites is 1. The van der Waals surface area contributed by atoms with Gasteiger partial charge in [-0.05, 0) is 68.1 Å². The van der Waals surface area contributed by atoms with Gasteiger partial charge in [0.15, 0.2) is 11.5 Å². The highest BCUT2D eigenvalue weighted by molar-refractivity contribution is 9.13. The van der Waals surface area contributed by atoms with Crippen LogP contribution in [0.15, 0.2) is 44.9 Å². The standard InChI is InChI=1S/C19H14Br2N2O5/c1-9-5-3-4-6-12(9)23-18(26)11(17(25)22-19(23)27)7-10-8-13(28-2)16(24)15(21)14(10)20/h3-8,24H,1-2H3,(H,22,25,27)/b11-7+. The monoisotopic (exact) mass is 508 g/mol. The molecule has 0 aromatic heterocycles. The van der Waals surface area contributed by atoms with Crippen molar-refractivity contribution >= 4 is 61.5 Å². The summed E-state index contributed by atoms with van der Waals surface area (Å²) in [5, 5.41) is 12.2. The Morgan fingerprint density at radius 1 is 1.14 bits per heavy atom. The fourth-order valence-corrected chi connectivity index (χ4v) is 3.56. The Hall–Kier alpha value is -2.65. The molecule has 2 aromatic carbocycles. The van der Waals surface area contributed by atoms with Gasteiger partial charge < -0.3 is 9.84 Å². The first-order chi connectivity index (χ1) is 13.3. The number of nitrogens with one attached hydrogen (secondary N) is 1. The van der Waals surface area contributed by atoms with E-state index in [-0.39, 0.29) is 17.1 Å². The van der Waals surface area contributed by atoms with E-state index in [1.165, 1.54) is 19.3 Å². The van der Waals surface area contributed by atoms with Crippen molar-refractivity contribution in [3.05, 3.63) is 56.0 Å². The molecule has 1 aliphatic rings. The van der Waals surface area contributed by atoms with Crippen LogP contribution in [0.25, 0.3) is 6.08 Å². The summed E-state index contributed by atoms with van der Waals surface area (Å²) in [6, 6.07) is 7.51. The van der Waals surface area contributed by atoms with Gasteiger partial charge in [0.2, 0.25) is 0 Å². The number of phenols is 1. The Bertz CT molecular complexity index is 1050. The quantitative estimate of drug-likeness (QED) is 0.483. The molecule has 0 saturated carbocycles. The summed E-state index contributed by atoms with van der Waals surface area (Å²) >= 11 is 6.54. The van der Waals surface area contributed by atoms with Gasteiger partial charge >= 0.3 is 6.03 Å². The molecule has 7 nitrogen and oxygen atoms in total. The Morgan fingerprint density at radius 2 is 1.82 bits per heavy atom. The van der Waals surface area contributed by atoms with E-state index in [1.807, 2.05) is 0 Å². The summed E-state index contributed by atoms with van der Waals surface area (Å²) in [5.74, 6) is -1.54. The van der Waals surface area contributed by atoms with E-state index in [0.717, 1.165) is 4.90 Å². The number of aromatic hydroxyl groups is 1. The van der Waals surface area contributed by atoms with Gasteiger partial charge in [-0.1, -0.05) is 18.2 Å². The first kappa shape index (κ1) is 20.1. The zero-order chi connectivity index (χ0) is 20.6. The smallest absolute Gasteiger partial charge is 0.335 e. The number of nitrogens with zero attached hydrogens (tertiary/aromatic N) is 1. The molecule has 3 rings (SSSR count). The van der Waals surface area contributed by atoms with Crippen molar-refractivity contribution < 1.29 is 24.2 Å². The topological polar surface area (TPSA) is 95.9 Å². The molecule has 1 fully saturated rings. The number of rotatable bonds is 3. The first-order valence-electron chi connectivity index (χ1n) is 7.98. The molecule has 2 N–H and O–H groups in total. The largest absolute Gasteiger partial charge is 0.503 e. The molecule has 144 valence electrons. The molecule has 28 heavy (non-hydrogen) atoms. The third kappa shape index (κ3) is 3.43. The van der Waals surface area contributed by atoms with E-state index in [0.29, 0.717) is 25.8 Å². The lowest BCUT2D eigenvalue weighted by atomic mass is 10.1. The fraction of sp³-hybridized carbons (Fsp3) is 0.105. The second-order valence-electron chi connectivity index (χ2n) is 5.89. The van der Waals surface area contributed by atoms with E-state index < -0.39 is 17.8 Å². The van der Waals surface area contributed by atoms with Crippen LogP contribution >= 0.6 is 31.9 Å². The fourth-order valence-electron chi connectivity index (χ4n) is 2.72. The van der Waals surface area contributed by atoms with Gasteiger partial charge in [-0.3, -0.25) is 14.9 Å². The van der Waals surface area contributed by atoms with E-state index >= 15 is 0 Å². The Labute approximate surface area is 177 Å². The second kappa shape index (κ2) is 7.76. The molecular weight excluding hydrogens is 496 g/mol. The average Bonchev–Trinajstić information content (AvgIpc) is 2.66. The highest BCUT2D eigenvalue weighted by Gasteiger charge is 2.37. The number of barbiturate groups is 1. The third-order valence-electron chi connectivity index (χ3n) is 4.15. The Morgan fingerprint density at radius 3 is 2.46 bits per heavy atom. The molecular formula is C19H14Br2N2O5. The van der Waals surface area contributed by atoms with Crippen LogP contribution < -0.4 is 15.0 Å². The molecule has 1 heterocycles. The van der Waals surface area contributed by atoms with Crippen LogP contribution in [0.5, 0.6) is 11.5 Å². The zero-order valence-electron chi connectivity index (χ0n) is 14.7. The minimum absolute atomic E-state index is 0.132. The number of anilines is 1. The van der Waals surface area contributed by atoms with Gasteiger partial charge in [-0.2, -0.15) is 0 Å². The highest BCUT2D eigenvalue weighted by Crippen LogP contribution is 2.42. The average molecular weight is 510 g/mol. The summed E-state index contributed by atoms with van der Waals surface area (Å²) in [4.78, 5) is 38.6. The van der Waals surface area contributed by atoms with Crippen molar-refractivity contribution in [2.24, 2.45) is 0 Å². The SMILES string of the molecule is COc1cc(/C=C2\C(=O)NC(=O)N(c3ccccc3C)C2=O)c(Br)c(Br)c1O. The maximum Gasteiger partial charge on any atom is 0.335 e. The summed E-state index contributed by atoms with van der Waals surface area (Å²) in [5.41, 5.74) is 1.25. The van der Waals surface area contributed by atoms with Crippen LogP contribution in [0.1, 0.15) is 11.1 Å². The Kier molecular flexibility index (Phi) is 5.57. The Balaban J connectivity index is 2.13. The number of halogens is 2. The normalized spacial score (nSPS) is 15.8. The molecule has 0 aliphatic carbocycles. The van der Waals surface area contributed by atoms with Crippen molar-refractivity contribution in [1.29, 1.82) is 0 Å². The molecule has 4 amide bonds. The van der Waals surface area contributed by atoms with Crippen LogP contribution in [-0.4, -0.2) is 30.1 Å². The van der Waals surface area contributed by atoms with Gasteiger partial charge in [0.1, 0.15) is 5.57 Å². The lowest BCUT2D eigenvalue weighted by Crippen LogP contribution is -2.54.